The third kappa shape index (κ3) is 8.41. The smallest absolute Gasteiger partial charge is 0.224 e. The fraction of sp³-hybridized carbons (Fsp3) is 0.632. The van der Waals surface area contributed by atoms with Crippen molar-refractivity contribution in [3.63, 3.8) is 0 Å². The van der Waals surface area contributed by atoms with Gasteiger partial charge in [-0.05, 0) is 44.9 Å². The highest BCUT2D eigenvalue weighted by Crippen LogP contribution is 2.25. The number of carbonyl (C=O) groups is 1. The first-order chi connectivity index (χ1) is 11.1. The molecule has 3 N–H and O–H groups in total. The van der Waals surface area contributed by atoms with Crippen molar-refractivity contribution in [2.45, 2.75) is 70.5 Å². The summed E-state index contributed by atoms with van der Waals surface area (Å²) in [6, 6.07) is 8.86. The first-order valence-electron chi connectivity index (χ1n) is 8.90. The second kappa shape index (κ2) is 12.5. The van der Waals surface area contributed by atoms with Crippen molar-refractivity contribution in [1.29, 1.82) is 0 Å². The third-order valence-corrected chi connectivity index (χ3v) is 4.74. The van der Waals surface area contributed by atoms with Gasteiger partial charge < -0.3 is 11.1 Å². The number of rotatable bonds is 7. The molecule has 0 spiro atoms. The van der Waals surface area contributed by atoms with Crippen LogP contribution in [0, 0.1) is 0 Å². The summed E-state index contributed by atoms with van der Waals surface area (Å²) in [7, 11) is 2.20. The molecule has 0 saturated heterocycles. The number of hydrogen-bond acceptors (Lipinski definition) is 3. The van der Waals surface area contributed by atoms with E-state index in [4.69, 9.17) is 5.73 Å². The Bertz CT molecular complexity index is 505. The molecule has 1 atom stereocenters. The summed E-state index contributed by atoms with van der Waals surface area (Å²) in [6.45, 7) is 2.81. The number of hydrogen-bond donors (Lipinski definition) is 2. The van der Waals surface area contributed by atoms with Crippen LogP contribution in [0.5, 0.6) is 0 Å². The minimum Gasteiger partial charge on any atom is -0.328 e. The molecule has 0 heterocycles. The first-order valence-corrected chi connectivity index (χ1v) is 8.90. The molecule has 25 heavy (non-hydrogen) atoms. The lowest BCUT2D eigenvalue weighted by Gasteiger charge is -2.31. The standard InChI is InChI=1S/C19H31N3O.2ClH/c1-15(20)12-13-19(23)21-18-11-7-6-8-16(18)14-22(2)17-9-4-3-5-10-17;;/h6-8,11,15,17H,3-5,9-10,12-14,20H2,1-2H3,(H,21,23);2*1H. The average Bonchev–Trinajstić information content (AvgIpc) is 2.55. The maximum Gasteiger partial charge on any atom is 0.224 e. The molecular formula is C19H33Cl2N3O. The van der Waals surface area contributed by atoms with Gasteiger partial charge in [0.05, 0.1) is 0 Å². The van der Waals surface area contributed by atoms with E-state index >= 15 is 0 Å². The van der Waals surface area contributed by atoms with Gasteiger partial charge in [0.2, 0.25) is 5.91 Å². The van der Waals surface area contributed by atoms with E-state index in [9.17, 15) is 4.79 Å². The molecule has 1 aromatic rings. The van der Waals surface area contributed by atoms with E-state index in [1.54, 1.807) is 0 Å². The molecule has 0 aliphatic heterocycles. The molecule has 1 amide bonds. The van der Waals surface area contributed by atoms with E-state index in [-0.39, 0.29) is 36.8 Å². The van der Waals surface area contributed by atoms with Crippen molar-refractivity contribution in [3.8, 4) is 0 Å². The van der Waals surface area contributed by atoms with Crippen LogP contribution in [0.15, 0.2) is 24.3 Å². The fourth-order valence-electron chi connectivity index (χ4n) is 3.27. The molecule has 1 saturated carbocycles. The van der Waals surface area contributed by atoms with Crippen LogP contribution in [-0.2, 0) is 11.3 Å². The predicted octanol–water partition coefficient (Wildman–Crippen LogP) is 4.36. The zero-order valence-electron chi connectivity index (χ0n) is 15.4. The number of halogens is 2. The topological polar surface area (TPSA) is 58.4 Å². The van der Waals surface area contributed by atoms with Gasteiger partial charge in [0.15, 0.2) is 0 Å². The van der Waals surface area contributed by atoms with Gasteiger partial charge in [0.25, 0.3) is 0 Å². The van der Waals surface area contributed by atoms with Crippen molar-refractivity contribution in [2.24, 2.45) is 5.73 Å². The normalized spacial score (nSPS) is 15.8. The second-order valence-corrected chi connectivity index (χ2v) is 6.93. The number of carbonyl (C=O) groups excluding carboxylic acids is 1. The van der Waals surface area contributed by atoms with Gasteiger partial charge in [0.1, 0.15) is 0 Å². The third-order valence-electron chi connectivity index (χ3n) is 4.74. The molecule has 2 rings (SSSR count). The van der Waals surface area contributed by atoms with E-state index in [1.165, 1.54) is 37.7 Å². The minimum atomic E-state index is 0. The lowest BCUT2D eigenvalue weighted by atomic mass is 9.94. The fourth-order valence-corrected chi connectivity index (χ4v) is 3.27. The van der Waals surface area contributed by atoms with Crippen molar-refractivity contribution >= 4 is 36.4 Å². The SMILES string of the molecule is CC(N)CCC(=O)Nc1ccccc1CN(C)C1CCCCC1.Cl.Cl. The molecule has 4 nitrogen and oxygen atoms in total. The van der Waals surface area contributed by atoms with Crippen molar-refractivity contribution in [1.82, 2.24) is 4.90 Å². The molecule has 1 aromatic carbocycles. The quantitative estimate of drug-likeness (QED) is 0.727. The molecule has 144 valence electrons. The summed E-state index contributed by atoms with van der Waals surface area (Å²) in [6.07, 6.45) is 7.82. The molecule has 1 aliphatic carbocycles. The summed E-state index contributed by atoms with van der Waals surface area (Å²) < 4.78 is 0. The van der Waals surface area contributed by atoms with E-state index in [2.05, 4.69) is 23.3 Å². The number of benzene rings is 1. The maximum absolute atomic E-state index is 12.1. The van der Waals surface area contributed by atoms with Gasteiger partial charge in [0, 0.05) is 30.7 Å². The molecule has 0 aromatic heterocycles. The van der Waals surface area contributed by atoms with E-state index in [0.717, 1.165) is 18.7 Å². The summed E-state index contributed by atoms with van der Waals surface area (Å²) in [5, 5.41) is 3.05. The summed E-state index contributed by atoms with van der Waals surface area (Å²) in [5.74, 6) is 0.0510. The highest BCUT2D eigenvalue weighted by molar-refractivity contribution is 5.91. The number of anilines is 1. The molecule has 1 unspecified atom stereocenters. The number of nitrogens with zero attached hydrogens (tertiary/aromatic N) is 1. The van der Waals surface area contributed by atoms with E-state index < -0.39 is 0 Å². The lowest BCUT2D eigenvalue weighted by molar-refractivity contribution is -0.116. The monoisotopic (exact) mass is 389 g/mol. The van der Waals surface area contributed by atoms with Crippen LogP contribution in [0.4, 0.5) is 5.69 Å². The van der Waals surface area contributed by atoms with Gasteiger partial charge in [-0.25, -0.2) is 0 Å². The minimum absolute atomic E-state index is 0. The van der Waals surface area contributed by atoms with Gasteiger partial charge in [-0.2, -0.15) is 0 Å². The highest BCUT2D eigenvalue weighted by atomic mass is 35.5. The Labute approximate surface area is 164 Å². The maximum atomic E-state index is 12.1. The largest absolute Gasteiger partial charge is 0.328 e. The molecule has 1 fully saturated rings. The zero-order chi connectivity index (χ0) is 16.7. The summed E-state index contributed by atoms with van der Waals surface area (Å²) in [4.78, 5) is 14.5. The second-order valence-electron chi connectivity index (χ2n) is 6.93. The van der Waals surface area contributed by atoms with E-state index in [0.29, 0.717) is 12.5 Å². The van der Waals surface area contributed by atoms with Crippen LogP contribution < -0.4 is 11.1 Å². The van der Waals surface area contributed by atoms with Crippen molar-refractivity contribution in [3.05, 3.63) is 29.8 Å². The molecule has 1 aliphatic rings. The van der Waals surface area contributed by atoms with Gasteiger partial charge >= 0.3 is 0 Å². The Morgan fingerprint density at radius 2 is 1.88 bits per heavy atom. The van der Waals surface area contributed by atoms with E-state index in [1.807, 2.05) is 25.1 Å². The Morgan fingerprint density at radius 3 is 2.52 bits per heavy atom. The van der Waals surface area contributed by atoms with Crippen LogP contribution in [-0.4, -0.2) is 29.9 Å². The number of nitrogens with one attached hydrogen (secondary N) is 1. The van der Waals surface area contributed by atoms with Gasteiger partial charge in [-0.3, -0.25) is 9.69 Å². The Balaban J connectivity index is 0.00000288. The lowest BCUT2D eigenvalue weighted by Crippen LogP contribution is -2.33. The number of para-hydroxylation sites is 1. The van der Waals surface area contributed by atoms with Crippen molar-refractivity contribution in [2.75, 3.05) is 12.4 Å². The average molecular weight is 390 g/mol. The zero-order valence-corrected chi connectivity index (χ0v) is 17.0. The van der Waals surface area contributed by atoms with Crippen LogP contribution in [0.3, 0.4) is 0 Å². The van der Waals surface area contributed by atoms with Crippen molar-refractivity contribution < 1.29 is 4.79 Å². The first kappa shape index (κ1) is 24.2. The Hall–Kier alpha value is -0.810. The predicted molar refractivity (Wildman–Crippen MR) is 111 cm³/mol. The summed E-state index contributed by atoms with van der Waals surface area (Å²) in [5.41, 5.74) is 7.85. The molecule has 6 heteroatoms. The Kier molecular flexibility index (Phi) is 12.1. The molecule has 0 bridgehead atoms. The molecular weight excluding hydrogens is 357 g/mol. The Morgan fingerprint density at radius 1 is 1.24 bits per heavy atom. The highest BCUT2D eigenvalue weighted by Gasteiger charge is 2.19. The summed E-state index contributed by atoms with van der Waals surface area (Å²) >= 11 is 0. The molecule has 0 radical (unpaired) electrons. The number of nitrogens with two attached hydrogens (primary N) is 1. The van der Waals surface area contributed by atoms with Gasteiger partial charge in [-0.15, -0.1) is 24.8 Å². The number of amides is 1. The van der Waals surface area contributed by atoms with Crippen LogP contribution in [0.25, 0.3) is 0 Å². The van der Waals surface area contributed by atoms with Crippen LogP contribution in [0.1, 0.15) is 57.4 Å². The van der Waals surface area contributed by atoms with Crippen LogP contribution >= 0.6 is 24.8 Å². The van der Waals surface area contributed by atoms with Crippen LogP contribution in [0.2, 0.25) is 0 Å². The van der Waals surface area contributed by atoms with Gasteiger partial charge in [-0.1, -0.05) is 37.5 Å².